The lowest BCUT2D eigenvalue weighted by molar-refractivity contribution is -0.133. The number of hydrogen-bond acceptors (Lipinski definition) is 13. The summed E-state index contributed by atoms with van der Waals surface area (Å²) < 4.78 is 22.8. The normalized spacial score (nSPS) is 16.1. The molecule has 15 heteroatoms. The van der Waals surface area contributed by atoms with E-state index in [0.717, 1.165) is 10.6 Å². The Morgan fingerprint density at radius 2 is 1.79 bits per heavy atom. The number of carbonyl (C=O) groups excluding carboxylic acids is 3. The fourth-order valence-corrected chi connectivity index (χ4v) is 4.72. The number of aliphatic hydroxyl groups is 1. The van der Waals surface area contributed by atoms with Crippen molar-refractivity contribution in [3.05, 3.63) is 106 Å². The quantitative estimate of drug-likeness (QED) is 0.0700. The lowest BCUT2D eigenvalue weighted by atomic mass is 10.1. The zero-order chi connectivity index (χ0) is 34.5. The van der Waals surface area contributed by atoms with Gasteiger partial charge in [-0.15, -0.1) is 0 Å². The number of nitrogens with one attached hydrogen (secondary N) is 2. The number of amides is 1. The van der Waals surface area contributed by atoms with Gasteiger partial charge in [-0.05, 0) is 62.2 Å². The second-order valence-corrected chi connectivity index (χ2v) is 10.7. The van der Waals surface area contributed by atoms with E-state index in [9.17, 15) is 19.5 Å². The highest BCUT2D eigenvalue weighted by atomic mass is 16.5. The summed E-state index contributed by atoms with van der Waals surface area (Å²) in [7, 11) is 0. The first-order valence-corrected chi connectivity index (χ1v) is 14.7. The number of amidine groups is 3. The molecule has 48 heavy (non-hydrogen) atoms. The first-order chi connectivity index (χ1) is 22.9. The van der Waals surface area contributed by atoms with E-state index in [1.165, 1.54) is 31.2 Å². The number of fused-ring (bicyclic) bond motifs is 1. The summed E-state index contributed by atoms with van der Waals surface area (Å²) in [5, 5.41) is 21.7. The van der Waals surface area contributed by atoms with E-state index in [1.54, 1.807) is 38.1 Å². The molecule has 2 aliphatic rings. The first-order valence-electron chi connectivity index (χ1n) is 14.7. The highest BCUT2D eigenvalue weighted by Gasteiger charge is 2.40. The molecule has 3 aromatic rings. The summed E-state index contributed by atoms with van der Waals surface area (Å²) in [5.74, 6) is 3.59. The van der Waals surface area contributed by atoms with Gasteiger partial charge >= 0.3 is 18.0 Å². The molecule has 0 bridgehead atoms. The average Bonchev–Trinajstić information content (AvgIpc) is 3.05. The highest BCUT2D eigenvalue weighted by molar-refractivity contribution is 6.14. The Hall–Kier alpha value is -6.06. The number of esters is 2. The summed E-state index contributed by atoms with van der Waals surface area (Å²) in [4.78, 5) is 47.5. The topological polar surface area (TPSA) is 224 Å². The lowest BCUT2D eigenvalue weighted by Crippen LogP contribution is -2.57. The number of aliphatic imine (C=N–C) groups is 2. The number of aliphatic hydroxyl groups excluding tert-OH is 1. The monoisotopic (exact) mass is 655 g/mol. The summed E-state index contributed by atoms with van der Waals surface area (Å²) in [5.41, 5.74) is 7.47. The molecule has 3 aromatic carbocycles. The Kier molecular flexibility index (Phi) is 9.82. The Bertz CT molecular complexity index is 1870. The third-order valence-corrected chi connectivity index (χ3v) is 7.02. The minimum atomic E-state index is -1.28. The molecule has 248 valence electrons. The van der Waals surface area contributed by atoms with Crippen LogP contribution in [0.2, 0.25) is 0 Å². The fourth-order valence-electron chi connectivity index (χ4n) is 4.72. The molecule has 5 rings (SSSR count). The number of nitrogen functional groups attached to an aromatic ring is 1. The molecule has 7 N–H and O–H groups in total. The number of hydrazine groups is 1. The van der Waals surface area contributed by atoms with Crippen molar-refractivity contribution in [1.82, 2.24) is 10.3 Å². The van der Waals surface area contributed by atoms with Gasteiger partial charge in [0.25, 0.3) is 11.8 Å². The van der Waals surface area contributed by atoms with Gasteiger partial charge in [-0.2, -0.15) is 4.99 Å². The molecule has 0 aliphatic carbocycles. The molecule has 2 heterocycles. The molecular formula is C33H33N7O8. The van der Waals surface area contributed by atoms with E-state index < -0.39 is 30.0 Å². The predicted octanol–water partition coefficient (Wildman–Crippen LogP) is 2.26. The van der Waals surface area contributed by atoms with E-state index in [-0.39, 0.29) is 70.7 Å². The number of nitrogens with zero attached hydrogens (tertiary/aromatic N) is 3. The summed E-state index contributed by atoms with van der Waals surface area (Å²) in [6.07, 6.45) is -1.21. The van der Waals surface area contributed by atoms with Crippen LogP contribution < -0.4 is 26.4 Å². The van der Waals surface area contributed by atoms with Gasteiger partial charge in [0.05, 0.1) is 18.3 Å². The molecule has 2 atom stereocenters. The van der Waals surface area contributed by atoms with Crippen molar-refractivity contribution in [2.24, 2.45) is 21.6 Å². The first kappa shape index (κ1) is 33.3. The minimum absolute atomic E-state index is 0.0148. The van der Waals surface area contributed by atoms with E-state index in [2.05, 4.69) is 15.3 Å². The number of hydrogen-bond donors (Lipinski definition) is 5. The zero-order valence-electron chi connectivity index (χ0n) is 26.2. The summed E-state index contributed by atoms with van der Waals surface area (Å²) >= 11 is 0. The second kappa shape index (κ2) is 14.1. The van der Waals surface area contributed by atoms with Crippen LogP contribution >= 0.6 is 0 Å². The highest BCUT2D eigenvalue weighted by Crippen LogP contribution is 2.29. The van der Waals surface area contributed by atoms with Gasteiger partial charge in [-0.25, -0.2) is 25.4 Å². The van der Waals surface area contributed by atoms with Crippen LogP contribution in [0.15, 0.2) is 88.3 Å². The number of aryl methyl sites for hydroxylation is 1. The molecule has 0 aromatic heterocycles. The number of carbonyl (C=O) groups is 3. The molecule has 0 saturated carbocycles. The van der Waals surface area contributed by atoms with Crippen LogP contribution in [0.1, 0.15) is 51.3 Å². The Balaban J connectivity index is 1.55. The number of nitrogens with two attached hydrogens (primary N) is 2. The van der Waals surface area contributed by atoms with E-state index in [1.807, 2.05) is 18.2 Å². The Morgan fingerprint density at radius 1 is 1.04 bits per heavy atom. The molecule has 0 spiro atoms. The maximum Gasteiger partial charge on any atom is 0.342 e. The van der Waals surface area contributed by atoms with Gasteiger partial charge in [-0.1, -0.05) is 36.4 Å². The summed E-state index contributed by atoms with van der Waals surface area (Å²) in [6.45, 7) is 4.95. The van der Waals surface area contributed by atoms with E-state index >= 15 is 0 Å². The van der Waals surface area contributed by atoms with Crippen LogP contribution in [-0.2, 0) is 20.9 Å². The predicted molar refractivity (Wildman–Crippen MR) is 173 cm³/mol. The van der Waals surface area contributed by atoms with Crippen LogP contribution in [-0.4, -0.2) is 64.4 Å². The molecule has 15 nitrogen and oxygen atoms in total. The number of benzene rings is 3. The lowest BCUT2D eigenvalue weighted by Gasteiger charge is -2.33. The van der Waals surface area contributed by atoms with Crippen molar-refractivity contribution in [3.63, 3.8) is 0 Å². The van der Waals surface area contributed by atoms with Crippen LogP contribution in [0.4, 0.5) is 0 Å². The molecule has 1 amide bonds. The molecule has 0 radical (unpaired) electrons. The standard InChI is InChI=1S/C33H33N7O8/c1-4-45-31(43)21-12-17(2)13-22(14-21)47-29-26-28(37-25(18(3)41)30(42)40(26)36)38-33(39-29)48-24-15-20(27(34)35)10-11-23(24)32(44)46-16-19-8-6-5-7-9-19/h5-15,18,25,41H,4,16,36H2,1-3H3,(H3,34,35)(H,37,38,39). The minimum Gasteiger partial charge on any atom is -0.462 e. The Morgan fingerprint density at radius 3 is 2.48 bits per heavy atom. The van der Waals surface area contributed by atoms with Crippen LogP contribution in [0.5, 0.6) is 11.5 Å². The van der Waals surface area contributed by atoms with Crippen molar-refractivity contribution in [3.8, 4) is 11.5 Å². The maximum atomic E-state index is 13.2. The number of ether oxygens (including phenoxy) is 4. The van der Waals surface area contributed by atoms with Gasteiger partial charge in [0, 0.05) is 5.56 Å². The molecule has 2 aliphatic heterocycles. The van der Waals surface area contributed by atoms with E-state index in [0.29, 0.717) is 5.56 Å². The van der Waals surface area contributed by atoms with Gasteiger partial charge in [0.2, 0.25) is 0 Å². The molecule has 2 unspecified atom stereocenters. The SMILES string of the molecule is CCOC(=O)c1cc(C)cc(OC2=C3C(=NC(C(C)O)C(=O)N3N)NC(Oc3cc(C(=N)N)ccc3C(=O)OCc3ccccc3)=N2)c1. The van der Waals surface area contributed by atoms with E-state index in [4.69, 9.17) is 35.9 Å². The Labute approximate surface area is 274 Å². The molecular weight excluding hydrogens is 622 g/mol. The van der Waals surface area contributed by atoms with Crippen molar-refractivity contribution in [1.29, 1.82) is 5.41 Å². The molecule has 0 fully saturated rings. The van der Waals surface area contributed by atoms with Crippen LogP contribution in [0.25, 0.3) is 0 Å². The van der Waals surface area contributed by atoms with Gasteiger partial charge < -0.3 is 29.8 Å². The number of rotatable bonds is 10. The smallest absolute Gasteiger partial charge is 0.342 e. The van der Waals surface area contributed by atoms with Crippen LogP contribution in [0.3, 0.4) is 0 Å². The van der Waals surface area contributed by atoms with Crippen molar-refractivity contribution in [2.45, 2.75) is 39.5 Å². The third kappa shape index (κ3) is 7.32. The van der Waals surface area contributed by atoms with Crippen molar-refractivity contribution >= 4 is 35.5 Å². The van der Waals surface area contributed by atoms with Gasteiger partial charge in [0.1, 0.15) is 29.5 Å². The van der Waals surface area contributed by atoms with Gasteiger partial charge in [-0.3, -0.25) is 15.5 Å². The summed E-state index contributed by atoms with van der Waals surface area (Å²) in [6, 6.07) is 16.4. The van der Waals surface area contributed by atoms with Crippen LogP contribution in [0, 0.1) is 12.3 Å². The maximum absolute atomic E-state index is 13.2. The zero-order valence-corrected chi connectivity index (χ0v) is 26.2. The van der Waals surface area contributed by atoms with Gasteiger partial charge in [0.15, 0.2) is 17.6 Å². The second-order valence-electron chi connectivity index (χ2n) is 10.7. The van der Waals surface area contributed by atoms with Crippen molar-refractivity contribution < 1.29 is 38.4 Å². The largest absolute Gasteiger partial charge is 0.462 e. The average molecular weight is 656 g/mol. The molecule has 0 saturated heterocycles. The van der Waals surface area contributed by atoms with Crippen molar-refractivity contribution in [2.75, 3.05) is 6.61 Å². The fraction of sp³-hybridized carbons (Fsp3) is 0.212. The third-order valence-electron chi connectivity index (χ3n) is 7.02.